The highest BCUT2D eigenvalue weighted by Crippen LogP contribution is 2.29. The van der Waals surface area contributed by atoms with Crippen LogP contribution in [0.5, 0.6) is 11.5 Å². The molecule has 39 heavy (non-hydrogen) atoms. The second kappa shape index (κ2) is 11.8. The predicted molar refractivity (Wildman–Crippen MR) is 150 cm³/mol. The quantitative estimate of drug-likeness (QED) is 0.357. The molecule has 0 bridgehead atoms. The van der Waals surface area contributed by atoms with Crippen molar-refractivity contribution in [1.82, 2.24) is 25.2 Å². The first kappa shape index (κ1) is 25.9. The maximum absolute atomic E-state index is 12.4. The van der Waals surface area contributed by atoms with Crippen LogP contribution < -0.4 is 15.4 Å². The molecular formula is C30H30N6O3. The molecule has 1 aliphatic heterocycles. The van der Waals surface area contributed by atoms with E-state index in [1.165, 1.54) is 6.33 Å². The van der Waals surface area contributed by atoms with Gasteiger partial charge in [0.2, 0.25) is 0 Å². The van der Waals surface area contributed by atoms with E-state index in [0.29, 0.717) is 37.9 Å². The lowest BCUT2D eigenvalue weighted by Gasteiger charge is -2.27. The number of amides is 2. The Morgan fingerprint density at radius 3 is 2.67 bits per heavy atom. The van der Waals surface area contributed by atoms with Crippen molar-refractivity contribution >= 4 is 28.4 Å². The maximum Gasteiger partial charge on any atom is 0.318 e. The number of rotatable bonds is 5. The van der Waals surface area contributed by atoms with Gasteiger partial charge in [-0.1, -0.05) is 11.8 Å². The molecule has 1 fully saturated rings. The van der Waals surface area contributed by atoms with E-state index in [-0.39, 0.29) is 12.1 Å². The molecule has 198 valence electrons. The molecular weight excluding hydrogens is 492 g/mol. The van der Waals surface area contributed by atoms with E-state index in [1.807, 2.05) is 69.3 Å². The van der Waals surface area contributed by atoms with Crippen LogP contribution in [0, 0.1) is 25.7 Å². The van der Waals surface area contributed by atoms with Gasteiger partial charge in [-0.25, -0.2) is 14.8 Å². The normalized spacial score (nSPS) is 13.8. The van der Waals surface area contributed by atoms with Crippen molar-refractivity contribution in [2.45, 2.75) is 26.8 Å². The molecule has 0 aliphatic carbocycles. The lowest BCUT2D eigenvalue weighted by atomic mass is 10.1. The number of urea groups is 1. The van der Waals surface area contributed by atoms with Crippen LogP contribution in [0.1, 0.15) is 23.7 Å². The second-order valence-corrected chi connectivity index (χ2v) is 9.34. The van der Waals surface area contributed by atoms with Gasteiger partial charge in [0, 0.05) is 35.4 Å². The first-order valence-electron chi connectivity index (χ1n) is 12.8. The third-order valence-electron chi connectivity index (χ3n) is 6.26. The summed E-state index contributed by atoms with van der Waals surface area (Å²) in [7, 11) is 0. The van der Waals surface area contributed by atoms with Gasteiger partial charge in [0.05, 0.1) is 31.0 Å². The van der Waals surface area contributed by atoms with Crippen molar-refractivity contribution in [1.29, 1.82) is 0 Å². The molecule has 0 saturated carbocycles. The number of hydrogen-bond acceptors (Lipinski definition) is 7. The molecule has 1 saturated heterocycles. The van der Waals surface area contributed by atoms with E-state index in [1.54, 1.807) is 11.1 Å². The number of aryl methyl sites for hydroxylation is 2. The Morgan fingerprint density at radius 1 is 1.05 bits per heavy atom. The smallest absolute Gasteiger partial charge is 0.318 e. The zero-order valence-electron chi connectivity index (χ0n) is 22.2. The van der Waals surface area contributed by atoms with E-state index in [0.717, 1.165) is 39.2 Å². The largest absolute Gasteiger partial charge is 0.455 e. The van der Waals surface area contributed by atoms with Gasteiger partial charge in [-0.3, -0.25) is 4.98 Å². The van der Waals surface area contributed by atoms with Gasteiger partial charge in [-0.05, 0) is 74.9 Å². The third-order valence-corrected chi connectivity index (χ3v) is 6.26. The topological polar surface area (TPSA) is 102 Å². The lowest BCUT2D eigenvalue weighted by molar-refractivity contribution is 0.0530. The molecule has 0 spiro atoms. The highest BCUT2D eigenvalue weighted by Gasteiger charge is 2.17. The molecule has 0 radical (unpaired) electrons. The van der Waals surface area contributed by atoms with Crippen molar-refractivity contribution in [3.05, 3.63) is 77.9 Å². The Kier molecular flexibility index (Phi) is 7.85. The van der Waals surface area contributed by atoms with Crippen LogP contribution >= 0.6 is 0 Å². The number of pyridine rings is 1. The Balaban J connectivity index is 1.30. The number of carbonyl (C=O) groups excluding carboxylic acids is 1. The predicted octanol–water partition coefficient (Wildman–Crippen LogP) is 4.96. The molecule has 1 aliphatic rings. The van der Waals surface area contributed by atoms with E-state index < -0.39 is 0 Å². The molecule has 1 atom stereocenters. The zero-order valence-corrected chi connectivity index (χ0v) is 22.2. The minimum atomic E-state index is -0.305. The number of anilines is 2. The third kappa shape index (κ3) is 6.61. The SMILES string of the molecule is Cc1ccc(Oc2ccc(Nc3ncnc4ccc(C#CC(C)NC(=O)N5CCOCC5)cc34)cc2C)cn1. The summed E-state index contributed by atoms with van der Waals surface area (Å²) in [6.07, 6.45) is 3.25. The summed E-state index contributed by atoms with van der Waals surface area (Å²) in [6, 6.07) is 15.1. The van der Waals surface area contributed by atoms with Crippen LogP contribution in [0.4, 0.5) is 16.3 Å². The summed E-state index contributed by atoms with van der Waals surface area (Å²) in [5.74, 6) is 8.41. The summed E-state index contributed by atoms with van der Waals surface area (Å²) in [6.45, 7) is 8.10. The van der Waals surface area contributed by atoms with Crippen molar-refractivity contribution in [2.75, 3.05) is 31.6 Å². The molecule has 2 amide bonds. The number of nitrogens with zero attached hydrogens (tertiary/aromatic N) is 4. The fourth-order valence-electron chi connectivity index (χ4n) is 4.12. The van der Waals surface area contributed by atoms with Gasteiger partial charge in [-0.15, -0.1) is 0 Å². The van der Waals surface area contributed by atoms with Gasteiger partial charge in [-0.2, -0.15) is 0 Å². The van der Waals surface area contributed by atoms with Gasteiger partial charge >= 0.3 is 6.03 Å². The van der Waals surface area contributed by atoms with Crippen molar-refractivity contribution in [3.8, 4) is 23.3 Å². The van der Waals surface area contributed by atoms with Gasteiger partial charge in [0.25, 0.3) is 0 Å². The molecule has 9 nitrogen and oxygen atoms in total. The van der Waals surface area contributed by atoms with E-state index in [9.17, 15) is 4.79 Å². The number of benzene rings is 2. The summed E-state index contributed by atoms with van der Waals surface area (Å²) in [5, 5.41) is 7.18. The van der Waals surface area contributed by atoms with Gasteiger partial charge in [0.1, 0.15) is 23.6 Å². The zero-order chi connectivity index (χ0) is 27.2. The summed E-state index contributed by atoms with van der Waals surface area (Å²) in [5.41, 5.74) is 4.39. The van der Waals surface area contributed by atoms with Crippen LogP contribution in [0.25, 0.3) is 10.9 Å². The van der Waals surface area contributed by atoms with Crippen molar-refractivity contribution in [3.63, 3.8) is 0 Å². The Morgan fingerprint density at radius 2 is 1.90 bits per heavy atom. The molecule has 4 aromatic rings. The average molecular weight is 523 g/mol. The monoisotopic (exact) mass is 522 g/mol. The number of carbonyl (C=O) groups is 1. The molecule has 1 unspecified atom stereocenters. The van der Waals surface area contributed by atoms with Gasteiger partial charge < -0.3 is 25.0 Å². The van der Waals surface area contributed by atoms with Crippen molar-refractivity contribution < 1.29 is 14.3 Å². The fourth-order valence-corrected chi connectivity index (χ4v) is 4.12. The molecule has 3 heterocycles. The highest BCUT2D eigenvalue weighted by molar-refractivity contribution is 5.91. The van der Waals surface area contributed by atoms with Crippen LogP contribution in [-0.4, -0.2) is 58.2 Å². The first-order chi connectivity index (χ1) is 18.9. The van der Waals surface area contributed by atoms with Crippen LogP contribution in [0.2, 0.25) is 0 Å². The van der Waals surface area contributed by atoms with Crippen LogP contribution in [0.3, 0.4) is 0 Å². The maximum atomic E-state index is 12.4. The molecule has 5 rings (SSSR count). The lowest BCUT2D eigenvalue weighted by Crippen LogP contribution is -2.48. The number of hydrogen-bond donors (Lipinski definition) is 2. The average Bonchev–Trinajstić information content (AvgIpc) is 2.95. The number of morpholine rings is 1. The number of ether oxygens (including phenoxy) is 2. The number of fused-ring (bicyclic) bond motifs is 1. The Bertz CT molecular complexity index is 1540. The summed E-state index contributed by atoms with van der Waals surface area (Å²) < 4.78 is 11.3. The van der Waals surface area contributed by atoms with Crippen LogP contribution in [-0.2, 0) is 4.74 Å². The Hall–Kier alpha value is -4.68. The molecule has 2 aromatic heterocycles. The minimum absolute atomic E-state index is 0.124. The van der Waals surface area contributed by atoms with E-state index in [4.69, 9.17) is 9.47 Å². The minimum Gasteiger partial charge on any atom is -0.455 e. The van der Waals surface area contributed by atoms with E-state index in [2.05, 4.69) is 37.4 Å². The summed E-state index contributed by atoms with van der Waals surface area (Å²) >= 11 is 0. The standard InChI is InChI=1S/C30H30N6O3/c1-20-16-24(8-11-28(20)39-25-9-5-21(2)31-18-25)35-29-26-17-23(7-10-27(26)32-19-33-29)6-4-22(3)34-30(37)36-12-14-38-15-13-36/h5,7-11,16-19,22H,12-15H2,1-3H3,(H,34,37)(H,32,33,35). The van der Waals surface area contributed by atoms with E-state index >= 15 is 0 Å². The van der Waals surface area contributed by atoms with Gasteiger partial charge in [0.15, 0.2) is 0 Å². The van der Waals surface area contributed by atoms with Crippen LogP contribution in [0.15, 0.2) is 61.1 Å². The highest BCUT2D eigenvalue weighted by atomic mass is 16.5. The number of nitrogens with one attached hydrogen (secondary N) is 2. The Labute approximate surface area is 227 Å². The molecule has 2 N–H and O–H groups in total. The molecule has 2 aromatic carbocycles. The summed E-state index contributed by atoms with van der Waals surface area (Å²) in [4.78, 5) is 27.3. The molecule has 9 heteroatoms. The fraction of sp³-hybridized carbons (Fsp3) is 0.267. The first-order valence-corrected chi connectivity index (χ1v) is 12.8. The van der Waals surface area contributed by atoms with Crippen molar-refractivity contribution in [2.24, 2.45) is 0 Å². The number of aromatic nitrogens is 3. The second-order valence-electron chi connectivity index (χ2n) is 9.34.